The molecule has 2 aromatic heterocycles. The van der Waals surface area contributed by atoms with Gasteiger partial charge in [0.15, 0.2) is 11.6 Å². The first kappa shape index (κ1) is 22.9. The minimum absolute atomic E-state index is 0.0575. The van der Waals surface area contributed by atoms with Crippen LogP contribution in [-0.2, 0) is 0 Å². The van der Waals surface area contributed by atoms with E-state index in [1.165, 1.54) is 13.2 Å². The fourth-order valence-corrected chi connectivity index (χ4v) is 4.56. The molecule has 3 N–H and O–H groups in total. The number of hydrogen-bond acceptors (Lipinski definition) is 6. The first-order valence-corrected chi connectivity index (χ1v) is 11.6. The Bertz CT molecular complexity index is 1270. The number of para-hydroxylation sites is 1. The maximum absolute atomic E-state index is 14.5. The zero-order valence-corrected chi connectivity index (χ0v) is 19.7. The number of allylic oxidation sites excluding steroid dienone is 1. The number of hydrogen-bond donors (Lipinski definition) is 3. The monoisotopic (exact) mass is 477 g/mol. The Morgan fingerprint density at radius 2 is 2.17 bits per heavy atom. The number of likely N-dealkylation sites (N-methyl/N-ethyl adjacent to an activating group) is 1. The number of nitrogens with zero attached hydrogens (tertiary/aromatic N) is 2. The van der Waals surface area contributed by atoms with Crippen LogP contribution in [0.2, 0.25) is 0 Å². The molecule has 2 aliphatic heterocycles. The van der Waals surface area contributed by atoms with E-state index in [1.807, 2.05) is 13.1 Å². The number of pyridine rings is 1. The summed E-state index contributed by atoms with van der Waals surface area (Å²) < 4.78 is 25.9. The van der Waals surface area contributed by atoms with Crippen molar-refractivity contribution in [3.05, 3.63) is 65.9 Å². The van der Waals surface area contributed by atoms with Crippen LogP contribution in [0.4, 0.5) is 15.8 Å². The maximum Gasteiger partial charge on any atom is 0.255 e. The number of rotatable bonds is 3. The second kappa shape index (κ2) is 9.79. The number of methoxy groups -OCH3 is 1. The number of carbonyl (C=O) groups is 1. The molecule has 1 aromatic carbocycles. The molecule has 0 aliphatic carbocycles. The van der Waals surface area contributed by atoms with Crippen molar-refractivity contribution in [3.63, 3.8) is 0 Å². The van der Waals surface area contributed by atoms with E-state index in [1.54, 1.807) is 24.5 Å². The van der Waals surface area contributed by atoms with Crippen molar-refractivity contribution in [2.45, 2.75) is 12.3 Å². The van der Waals surface area contributed by atoms with E-state index in [2.05, 4.69) is 37.7 Å². The number of halogens is 1. The number of amides is 1. The second-order valence-electron chi connectivity index (χ2n) is 8.71. The summed E-state index contributed by atoms with van der Waals surface area (Å²) in [7, 11) is 3.47. The van der Waals surface area contributed by atoms with Gasteiger partial charge in [-0.15, -0.1) is 0 Å². The number of aromatic nitrogens is 2. The van der Waals surface area contributed by atoms with Crippen molar-refractivity contribution in [2.75, 3.05) is 45.7 Å². The number of anilines is 2. The summed E-state index contributed by atoms with van der Waals surface area (Å²) in [5.74, 6) is 0.0391. The van der Waals surface area contributed by atoms with Crippen LogP contribution < -0.4 is 20.1 Å². The molecule has 3 aromatic rings. The third kappa shape index (κ3) is 4.46. The smallest absolute Gasteiger partial charge is 0.255 e. The Balaban J connectivity index is 1.70. The van der Waals surface area contributed by atoms with Crippen LogP contribution in [0.25, 0.3) is 11.3 Å². The van der Waals surface area contributed by atoms with Crippen LogP contribution in [-0.4, -0.2) is 61.2 Å². The van der Waals surface area contributed by atoms with E-state index >= 15 is 0 Å². The van der Waals surface area contributed by atoms with E-state index in [9.17, 15) is 9.18 Å². The molecular weight excluding hydrogens is 449 g/mol. The van der Waals surface area contributed by atoms with Gasteiger partial charge in [-0.1, -0.05) is 18.2 Å². The molecule has 0 spiro atoms. The van der Waals surface area contributed by atoms with Gasteiger partial charge in [0.05, 0.1) is 35.9 Å². The molecule has 5 rings (SSSR count). The van der Waals surface area contributed by atoms with Crippen molar-refractivity contribution in [1.29, 1.82) is 0 Å². The molecule has 4 heterocycles. The van der Waals surface area contributed by atoms with Gasteiger partial charge in [-0.05, 0) is 31.7 Å². The molecule has 9 heteroatoms. The zero-order chi connectivity index (χ0) is 24.4. The van der Waals surface area contributed by atoms with Gasteiger partial charge in [0.2, 0.25) is 0 Å². The van der Waals surface area contributed by atoms with Crippen molar-refractivity contribution in [3.8, 4) is 22.8 Å². The summed E-state index contributed by atoms with van der Waals surface area (Å²) in [6.07, 6.45) is 8.41. The molecule has 8 nitrogen and oxygen atoms in total. The van der Waals surface area contributed by atoms with Gasteiger partial charge in [-0.2, -0.15) is 0 Å². The second-order valence-corrected chi connectivity index (χ2v) is 8.71. The molecular formula is C26H28FN5O3. The lowest BCUT2D eigenvalue weighted by molar-refractivity contribution is 0.0941. The highest BCUT2D eigenvalue weighted by Crippen LogP contribution is 2.44. The Labute approximate surface area is 203 Å². The van der Waals surface area contributed by atoms with Gasteiger partial charge < -0.3 is 25.1 Å². The Hall–Kier alpha value is -3.85. The van der Waals surface area contributed by atoms with Crippen molar-refractivity contribution < 1.29 is 18.7 Å². The molecule has 1 unspecified atom stereocenters. The normalized spacial score (nSPS) is 19.1. The standard InChI is InChI=1S/C26H28FN5O3/c1-32-11-4-3-6-16-14-29-26(33)21-22(16)31-23(17-9-10-28-15-20(17)35-13-12-32)24(21)30-19-8-5-7-18(27)25(19)34-2/h3-5,7-10,15-16,30-31H,6,11-14H2,1-2H3,(H,29,33)/b4-3-. The third-order valence-electron chi connectivity index (χ3n) is 6.39. The van der Waals surface area contributed by atoms with Gasteiger partial charge in [-0.25, -0.2) is 4.39 Å². The van der Waals surface area contributed by atoms with E-state index < -0.39 is 5.82 Å². The molecule has 2 bridgehead atoms. The van der Waals surface area contributed by atoms with Crippen molar-refractivity contribution in [1.82, 2.24) is 20.2 Å². The van der Waals surface area contributed by atoms with Gasteiger partial charge in [0.25, 0.3) is 5.91 Å². The van der Waals surface area contributed by atoms with Gasteiger partial charge in [0, 0.05) is 43.0 Å². The molecule has 0 radical (unpaired) electrons. The van der Waals surface area contributed by atoms with Crippen LogP contribution in [0.5, 0.6) is 11.5 Å². The maximum atomic E-state index is 14.5. The Morgan fingerprint density at radius 3 is 3.03 bits per heavy atom. The largest absolute Gasteiger partial charge is 0.492 e. The minimum atomic E-state index is -0.494. The van der Waals surface area contributed by atoms with Crippen molar-refractivity contribution in [2.24, 2.45) is 0 Å². The summed E-state index contributed by atoms with van der Waals surface area (Å²) in [4.78, 5) is 23.1. The number of carbonyl (C=O) groups excluding carboxylic acids is 1. The fraction of sp³-hybridized carbons (Fsp3) is 0.308. The average molecular weight is 478 g/mol. The first-order valence-electron chi connectivity index (χ1n) is 11.6. The number of ether oxygens (including phenoxy) is 2. The Kier molecular flexibility index (Phi) is 6.41. The molecule has 0 saturated carbocycles. The molecule has 35 heavy (non-hydrogen) atoms. The number of H-pyrrole nitrogens is 1. The third-order valence-corrected chi connectivity index (χ3v) is 6.39. The summed E-state index contributed by atoms with van der Waals surface area (Å²) in [5.41, 5.74) is 3.73. The molecule has 0 saturated heterocycles. The predicted molar refractivity (Wildman–Crippen MR) is 132 cm³/mol. The number of fused-ring (bicyclic) bond motifs is 3. The van der Waals surface area contributed by atoms with Gasteiger partial charge >= 0.3 is 0 Å². The lowest BCUT2D eigenvalue weighted by atomic mass is 9.93. The van der Waals surface area contributed by atoms with Crippen LogP contribution in [0, 0.1) is 5.82 Å². The van der Waals surface area contributed by atoms with Crippen LogP contribution >= 0.6 is 0 Å². The lowest BCUT2D eigenvalue weighted by Crippen LogP contribution is -2.34. The van der Waals surface area contributed by atoms with E-state index in [4.69, 9.17) is 9.47 Å². The summed E-state index contributed by atoms with van der Waals surface area (Å²) in [5, 5.41) is 6.31. The molecule has 0 fully saturated rings. The summed E-state index contributed by atoms with van der Waals surface area (Å²) in [6, 6.07) is 6.50. The SMILES string of the molecule is COc1c(F)cccc1Nc1c2[nH]c3c1C(=O)NCC3C/C=C\CN(C)CCOc1cnccc1-2. The van der Waals surface area contributed by atoms with E-state index in [0.29, 0.717) is 41.5 Å². The van der Waals surface area contributed by atoms with Crippen LogP contribution in [0.3, 0.4) is 0 Å². The van der Waals surface area contributed by atoms with Crippen LogP contribution in [0.15, 0.2) is 48.8 Å². The first-order chi connectivity index (χ1) is 17.1. The van der Waals surface area contributed by atoms with E-state index in [0.717, 1.165) is 30.8 Å². The van der Waals surface area contributed by atoms with E-state index in [-0.39, 0.29) is 17.6 Å². The number of nitrogens with one attached hydrogen (secondary N) is 3. The van der Waals surface area contributed by atoms with Crippen molar-refractivity contribution >= 4 is 17.3 Å². The number of aromatic amines is 1. The highest BCUT2D eigenvalue weighted by Gasteiger charge is 2.33. The van der Waals surface area contributed by atoms with Gasteiger partial charge in [0.1, 0.15) is 12.4 Å². The molecule has 2 aliphatic rings. The fourth-order valence-electron chi connectivity index (χ4n) is 4.56. The summed E-state index contributed by atoms with van der Waals surface area (Å²) >= 11 is 0. The zero-order valence-electron chi connectivity index (χ0n) is 19.7. The topological polar surface area (TPSA) is 91.5 Å². The highest BCUT2D eigenvalue weighted by molar-refractivity contribution is 6.07. The van der Waals surface area contributed by atoms with Crippen LogP contribution in [0.1, 0.15) is 28.4 Å². The minimum Gasteiger partial charge on any atom is -0.492 e. The molecule has 1 amide bonds. The quantitative estimate of drug-likeness (QED) is 0.493. The lowest BCUT2D eigenvalue weighted by Gasteiger charge is -2.23. The predicted octanol–water partition coefficient (Wildman–Crippen LogP) is 4.07. The number of benzene rings is 1. The Morgan fingerprint density at radius 1 is 1.29 bits per heavy atom. The van der Waals surface area contributed by atoms with Gasteiger partial charge in [-0.3, -0.25) is 14.7 Å². The summed E-state index contributed by atoms with van der Waals surface area (Å²) in [6.45, 7) is 2.55. The average Bonchev–Trinajstić information content (AvgIpc) is 3.23. The highest BCUT2D eigenvalue weighted by atomic mass is 19.1. The molecule has 1 atom stereocenters. The molecule has 182 valence electrons.